The first-order valence-corrected chi connectivity index (χ1v) is 10.3. The highest BCUT2D eigenvalue weighted by Crippen LogP contribution is 2.21. The number of hydrogen-bond donors (Lipinski definition) is 2. The van der Waals surface area contributed by atoms with Crippen LogP contribution >= 0.6 is 0 Å². The van der Waals surface area contributed by atoms with E-state index in [2.05, 4.69) is 10.6 Å². The number of rotatable bonds is 5. The van der Waals surface area contributed by atoms with Crippen molar-refractivity contribution in [2.24, 2.45) is 0 Å². The normalized spacial score (nSPS) is 11.1. The molecule has 0 heterocycles. The van der Waals surface area contributed by atoms with Crippen LogP contribution in [0.3, 0.4) is 0 Å². The number of hydrogen-bond acceptors (Lipinski definition) is 4. The molecular formula is C20H24N2O4S. The van der Waals surface area contributed by atoms with E-state index in [0.29, 0.717) is 5.56 Å². The lowest BCUT2D eigenvalue weighted by molar-refractivity contribution is -0.115. The third kappa shape index (κ3) is 5.17. The fraction of sp³-hybridized carbons (Fsp3) is 0.300. The standard InChI is InChI=1S/C20H24N2O4S/c1-12-8-14(3)19(15(4)9-12)22-18(23)11-21-20(24)17-10-16(27(5,25)26)7-6-13(17)2/h6-10H,11H2,1-5H3,(H,21,24)(H,22,23). The number of nitrogens with one attached hydrogen (secondary N) is 2. The molecule has 2 rings (SSSR count). The van der Waals surface area contributed by atoms with Crippen LogP contribution in [0.1, 0.15) is 32.6 Å². The van der Waals surface area contributed by atoms with E-state index in [1.54, 1.807) is 13.0 Å². The average Bonchev–Trinajstić information content (AvgIpc) is 2.55. The lowest BCUT2D eigenvalue weighted by atomic mass is 10.1. The SMILES string of the molecule is Cc1cc(C)c(NC(=O)CNC(=O)c2cc(S(C)(=O)=O)ccc2C)c(C)c1. The second-order valence-electron chi connectivity index (χ2n) is 6.75. The molecule has 0 fully saturated rings. The number of amides is 2. The summed E-state index contributed by atoms with van der Waals surface area (Å²) >= 11 is 0. The summed E-state index contributed by atoms with van der Waals surface area (Å²) in [5.74, 6) is -0.846. The van der Waals surface area contributed by atoms with E-state index in [1.807, 2.05) is 32.9 Å². The van der Waals surface area contributed by atoms with Gasteiger partial charge in [0.25, 0.3) is 5.91 Å². The molecule has 0 aliphatic heterocycles. The highest BCUT2D eigenvalue weighted by molar-refractivity contribution is 7.90. The minimum atomic E-state index is -3.42. The Morgan fingerprint density at radius 2 is 1.52 bits per heavy atom. The number of aryl methyl sites for hydroxylation is 4. The Kier molecular flexibility index (Phi) is 6.05. The van der Waals surface area contributed by atoms with Crippen molar-refractivity contribution in [3.05, 3.63) is 58.1 Å². The molecule has 0 bridgehead atoms. The van der Waals surface area contributed by atoms with Gasteiger partial charge in [-0.05, 0) is 56.5 Å². The number of sulfone groups is 1. The monoisotopic (exact) mass is 388 g/mol. The van der Waals surface area contributed by atoms with Gasteiger partial charge in [-0.1, -0.05) is 23.8 Å². The van der Waals surface area contributed by atoms with Gasteiger partial charge in [-0.15, -0.1) is 0 Å². The Hall–Kier alpha value is -2.67. The molecule has 0 saturated carbocycles. The maximum absolute atomic E-state index is 12.4. The van der Waals surface area contributed by atoms with Crippen LogP contribution in [-0.2, 0) is 14.6 Å². The van der Waals surface area contributed by atoms with Crippen LogP contribution in [0, 0.1) is 27.7 Å². The third-order valence-electron chi connectivity index (χ3n) is 4.23. The predicted molar refractivity (Wildman–Crippen MR) is 106 cm³/mol. The molecule has 0 unspecified atom stereocenters. The molecular weight excluding hydrogens is 364 g/mol. The highest BCUT2D eigenvalue weighted by atomic mass is 32.2. The minimum Gasteiger partial charge on any atom is -0.343 e. The molecule has 0 aliphatic carbocycles. The number of carbonyl (C=O) groups excluding carboxylic acids is 2. The maximum Gasteiger partial charge on any atom is 0.252 e. The average molecular weight is 388 g/mol. The van der Waals surface area contributed by atoms with Crippen LogP contribution in [0.5, 0.6) is 0 Å². The number of carbonyl (C=O) groups is 2. The van der Waals surface area contributed by atoms with Gasteiger partial charge < -0.3 is 10.6 Å². The zero-order valence-corrected chi connectivity index (χ0v) is 17.0. The summed E-state index contributed by atoms with van der Waals surface area (Å²) in [7, 11) is -3.42. The van der Waals surface area contributed by atoms with E-state index in [9.17, 15) is 18.0 Å². The van der Waals surface area contributed by atoms with Gasteiger partial charge in [0, 0.05) is 17.5 Å². The quantitative estimate of drug-likeness (QED) is 0.824. The fourth-order valence-corrected chi connectivity index (χ4v) is 3.54. The molecule has 144 valence electrons. The number of benzene rings is 2. The molecule has 0 saturated heterocycles. The molecule has 27 heavy (non-hydrogen) atoms. The first kappa shape index (κ1) is 20.6. The van der Waals surface area contributed by atoms with Crippen LogP contribution in [0.2, 0.25) is 0 Å². The second kappa shape index (κ2) is 7.92. The molecule has 0 radical (unpaired) electrons. The summed E-state index contributed by atoms with van der Waals surface area (Å²) in [5.41, 5.74) is 4.60. The van der Waals surface area contributed by atoms with Crippen LogP contribution in [0.4, 0.5) is 5.69 Å². The largest absolute Gasteiger partial charge is 0.343 e. The third-order valence-corrected chi connectivity index (χ3v) is 5.34. The number of anilines is 1. The lowest BCUT2D eigenvalue weighted by Crippen LogP contribution is -2.33. The van der Waals surface area contributed by atoms with Gasteiger partial charge in [0.05, 0.1) is 11.4 Å². The topological polar surface area (TPSA) is 92.3 Å². The lowest BCUT2D eigenvalue weighted by Gasteiger charge is -2.14. The Balaban J connectivity index is 2.09. The van der Waals surface area contributed by atoms with Crippen LogP contribution in [-0.4, -0.2) is 33.0 Å². The Bertz CT molecular complexity index is 988. The molecule has 7 heteroatoms. The summed E-state index contributed by atoms with van der Waals surface area (Å²) in [6.07, 6.45) is 1.08. The van der Waals surface area contributed by atoms with Gasteiger partial charge in [0.1, 0.15) is 0 Å². The van der Waals surface area contributed by atoms with E-state index < -0.39 is 15.7 Å². The van der Waals surface area contributed by atoms with Crippen molar-refractivity contribution >= 4 is 27.3 Å². The molecule has 0 spiro atoms. The first-order valence-electron chi connectivity index (χ1n) is 8.45. The maximum atomic E-state index is 12.4. The van der Waals surface area contributed by atoms with Crippen molar-refractivity contribution in [3.8, 4) is 0 Å². The van der Waals surface area contributed by atoms with E-state index in [1.165, 1.54) is 12.1 Å². The minimum absolute atomic E-state index is 0.0635. The predicted octanol–water partition coefficient (Wildman–Crippen LogP) is 2.69. The molecule has 0 aliphatic rings. The van der Waals surface area contributed by atoms with Crippen LogP contribution in [0.15, 0.2) is 35.2 Å². The first-order chi connectivity index (χ1) is 12.5. The van der Waals surface area contributed by atoms with Crippen molar-refractivity contribution in [1.82, 2.24) is 5.32 Å². The van der Waals surface area contributed by atoms with E-state index in [-0.39, 0.29) is 22.9 Å². The smallest absolute Gasteiger partial charge is 0.252 e. The second-order valence-corrected chi connectivity index (χ2v) is 8.77. The Morgan fingerprint density at radius 1 is 0.926 bits per heavy atom. The van der Waals surface area contributed by atoms with Gasteiger partial charge in [-0.3, -0.25) is 9.59 Å². The summed E-state index contributed by atoms with van der Waals surface area (Å²) in [6.45, 7) is 7.30. The summed E-state index contributed by atoms with van der Waals surface area (Å²) < 4.78 is 23.4. The van der Waals surface area contributed by atoms with E-state index in [4.69, 9.17) is 0 Å². The molecule has 2 amide bonds. The van der Waals surface area contributed by atoms with Crippen molar-refractivity contribution < 1.29 is 18.0 Å². The van der Waals surface area contributed by atoms with Crippen LogP contribution in [0.25, 0.3) is 0 Å². The zero-order valence-electron chi connectivity index (χ0n) is 16.1. The van der Waals surface area contributed by atoms with Gasteiger partial charge in [0.2, 0.25) is 5.91 Å². The summed E-state index contributed by atoms with van der Waals surface area (Å²) in [4.78, 5) is 24.7. The van der Waals surface area contributed by atoms with Crippen molar-refractivity contribution in [2.45, 2.75) is 32.6 Å². The fourth-order valence-electron chi connectivity index (χ4n) is 2.89. The van der Waals surface area contributed by atoms with E-state index >= 15 is 0 Å². The summed E-state index contributed by atoms with van der Waals surface area (Å²) in [6, 6.07) is 8.30. The summed E-state index contributed by atoms with van der Waals surface area (Å²) in [5, 5.41) is 5.36. The van der Waals surface area contributed by atoms with Crippen molar-refractivity contribution in [2.75, 3.05) is 18.1 Å². The molecule has 0 atom stereocenters. The Morgan fingerprint density at radius 3 is 2.07 bits per heavy atom. The molecule has 2 aromatic carbocycles. The molecule has 2 aromatic rings. The van der Waals surface area contributed by atoms with Crippen molar-refractivity contribution in [1.29, 1.82) is 0 Å². The van der Waals surface area contributed by atoms with Crippen molar-refractivity contribution in [3.63, 3.8) is 0 Å². The molecule has 0 aromatic heterocycles. The van der Waals surface area contributed by atoms with Gasteiger partial charge in [0.15, 0.2) is 9.84 Å². The van der Waals surface area contributed by atoms with Gasteiger partial charge >= 0.3 is 0 Å². The Labute approximate surface area is 159 Å². The highest BCUT2D eigenvalue weighted by Gasteiger charge is 2.16. The zero-order chi connectivity index (χ0) is 20.4. The molecule has 2 N–H and O–H groups in total. The molecule has 6 nitrogen and oxygen atoms in total. The van der Waals surface area contributed by atoms with Gasteiger partial charge in [-0.25, -0.2) is 8.42 Å². The van der Waals surface area contributed by atoms with Gasteiger partial charge in [-0.2, -0.15) is 0 Å². The van der Waals surface area contributed by atoms with Crippen LogP contribution < -0.4 is 10.6 Å². The van der Waals surface area contributed by atoms with E-state index in [0.717, 1.165) is 28.6 Å².